The number of hydrogen-bond acceptors (Lipinski definition) is 4. The lowest BCUT2D eigenvalue weighted by Crippen LogP contribution is -2.53. The molecule has 1 N–H and O–H groups in total. The number of piperidine rings is 1. The van der Waals surface area contributed by atoms with E-state index in [0.29, 0.717) is 18.7 Å². The Morgan fingerprint density at radius 1 is 1.18 bits per heavy atom. The van der Waals surface area contributed by atoms with Crippen molar-refractivity contribution in [1.29, 1.82) is 0 Å². The van der Waals surface area contributed by atoms with Gasteiger partial charge in [0.2, 0.25) is 10.0 Å². The van der Waals surface area contributed by atoms with Gasteiger partial charge in [-0.2, -0.15) is 4.31 Å². The monoisotopic (exact) mass is 490 g/mol. The van der Waals surface area contributed by atoms with E-state index < -0.39 is 25.8 Å². The lowest BCUT2D eigenvalue weighted by molar-refractivity contribution is 0.265. The minimum Gasteiger partial charge on any atom is -0.497 e. The van der Waals surface area contributed by atoms with Crippen LogP contribution >= 0.6 is 0 Å². The molecule has 3 atom stereocenters. The van der Waals surface area contributed by atoms with Crippen molar-refractivity contribution in [2.75, 3.05) is 20.2 Å². The van der Waals surface area contributed by atoms with Gasteiger partial charge in [-0.1, -0.05) is 36.4 Å². The van der Waals surface area contributed by atoms with Gasteiger partial charge in [0.1, 0.15) is 5.75 Å². The van der Waals surface area contributed by atoms with Crippen LogP contribution in [0.4, 0.5) is 0 Å². The second kappa shape index (κ2) is 10.1. The number of ether oxygens (including phenoxy) is 1. The van der Waals surface area contributed by atoms with Crippen molar-refractivity contribution in [3.8, 4) is 5.75 Å². The van der Waals surface area contributed by atoms with Gasteiger partial charge in [-0.15, -0.1) is 0 Å². The number of nitrogens with one attached hydrogen (secondary N) is 1. The van der Waals surface area contributed by atoms with E-state index in [1.165, 1.54) is 4.31 Å². The Balaban J connectivity index is 1.93. The summed E-state index contributed by atoms with van der Waals surface area (Å²) >= 11 is 0. The summed E-state index contributed by atoms with van der Waals surface area (Å²) in [6.45, 7) is 12.6. The third kappa shape index (κ3) is 5.93. The maximum atomic E-state index is 13.4. The van der Waals surface area contributed by atoms with Crippen molar-refractivity contribution in [2.24, 2.45) is 5.92 Å². The molecule has 2 aromatic carbocycles. The van der Waals surface area contributed by atoms with E-state index in [4.69, 9.17) is 4.74 Å². The van der Waals surface area contributed by atoms with Gasteiger partial charge < -0.3 is 4.74 Å². The van der Waals surface area contributed by atoms with Crippen molar-refractivity contribution >= 4 is 26.6 Å². The lowest BCUT2D eigenvalue weighted by Gasteiger charge is -2.40. The molecule has 0 saturated carbocycles. The summed E-state index contributed by atoms with van der Waals surface area (Å²) in [6.07, 6.45) is 0.528. The van der Waals surface area contributed by atoms with E-state index in [2.05, 4.69) is 11.3 Å². The van der Waals surface area contributed by atoms with Crippen molar-refractivity contribution < 1.29 is 17.4 Å². The highest BCUT2D eigenvalue weighted by molar-refractivity contribution is 7.89. The fourth-order valence-corrected chi connectivity index (χ4v) is 6.24. The van der Waals surface area contributed by atoms with Crippen molar-refractivity contribution in [2.45, 2.75) is 49.8 Å². The quantitative estimate of drug-likeness (QED) is 0.633. The second-order valence-corrected chi connectivity index (χ2v) is 13.4. The fourth-order valence-electron chi connectivity index (χ4n) is 3.85. The first-order valence-corrected chi connectivity index (χ1v) is 13.6. The van der Waals surface area contributed by atoms with Crippen LogP contribution in [-0.2, 0) is 21.0 Å². The molecule has 0 spiro atoms. The first kappa shape index (κ1) is 25.6. The smallest absolute Gasteiger partial charge is 0.243 e. The molecule has 33 heavy (non-hydrogen) atoms. The Labute approximate surface area is 200 Å². The number of aryl methyl sites for hydroxylation is 1. The second-order valence-electron chi connectivity index (χ2n) is 9.43. The highest BCUT2D eigenvalue weighted by Gasteiger charge is 2.38. The molecule has 1 aliphatic heterocycles. The molecule has 1 heterocycles. The summed E-state index contributed by atoms with van der Waals surface area (Å²) in [7, 11) is -3.34. The lowest BCUT2D eigenvalue weighted by atomic mass is 9.84. The Kier molecular flexibility index (Phi) is 7.84. The molecule has 0 aliphatic carbocycles. The van der Waals surface area contributed by atoms with E-state index >= 15 is 0 Å². The zero-order chi connectivity index (χ0) is 24.4. The van der Waals surface area contributed by atoms with E-state index in [1.807, 2.05) is 52.0 Å². The molecule has 1 unspecified atom stereocenters. The summed E-state index contributed by atoms with van der Waals surface area (Å²) < 4.78 is 49.4. The van der Waals surface area contributed by atoms with Gasteiger partial charge >= 0.3 is 0 Å². The molecule has 180 valence electrons. The minimum atomic E-state index is -3.66. The molecule has 6 nitrogen and oxygen atoms in total. The van der Waals surface area contributed by atoms with E-state index in [-0.39, 0.29) is 23.4 Å². The summed E-state index contributed by atoms with van der Waals surface area (Å²) in [5.74, 6) is 0.453. The summed E-state index contributed by atoms with van der Waals surface area (Å²) in [5, 5.41) is 0. The molecule has 0 amide bonds. The van der Waals surface area contributed by atoms with E-state index in [1.54, 1.807) is 31.4 Å². The predicted molar refractivity (Wildman–Crippen MR) is 135 cm³/mol. The highest BCUT2D eigenvalue weighted by Crippen LogP contribution is 2.34. The van der Waals surface area contributed by atoms with Crippen LogP contribution in [0.1, 0.15) is 38.3 Å². The van der Waals surface area contributed by atoms with Gasteiger partial charge in [0, 0.05) is 25.0 Å². The third-order valence-electron chi connectivity index (χ3n) is 5.94. The number of nitrogens with zero attached hydrogens (tertiary/aromatic N) is 1. The largest absolute Gasteiger partial charge is 0.497 e. The number of rotatable bonds is 7. The number of benzene rings is 2. The molecular weight excluding hydrogens is 456 g/mol. The van der Waals surface area contributed by atoms with Gasteiger partial charge in [0.05, 0.1) is 27.7 Å². The van der Waals surface area contributed by atoms with Crippen LogP contribution in [0.15, 0.2) is 60.0 Å². The van der Waals surface area contributed by atoms with Crippen molar-refractivity contribution in [1.82, 2.24) is 9.03 Å². The molecule has 1 fully saturated rings. The Bertz CT molecular complexity index is 1120. The van der Waals surface area contributed by atoms with Crippen LogP contribution in [0.25, 0.3) is 5.57 Å². The fraction of sp³-hybridized carbons (Fsp3) is 0.440. The van der Waals surface area contributed by atoms with Crippen LogP contribution in [-0.4, -0.2) is 47.9 Å². The standard InChI is InChI=1S/C25H34N2O4S2/c1-18-10-12-22(13-11-18)33(29,30)27-15-14-24(26-32(28)25(3,4)5)23(17-27)19(2)20-8-7-9-21(16-20)31-6/h7-13,16,23-24,26H,2,14-15,17H2,1,3-6H3/t23-,24-,32?/m1/s1. The summed E-state index contributed by atoms with van der Waals surface area (Å²) in [6, 6.07) is 14.3. The van der Waals surface area contributed by atoms with Crippen molar-refractivity contribution in [3.05, 3.63) is 66.2 Å². The van der Waals surface area contributed by atoms with Gasteiger partial charge in [-0.3, -0.25) is 0 Å². The minimum absolute atomic E-state index is 0.173. The SMILES string of the molecule is C=C(c1cccc(OC)c1)[C@H]1CN(S(=O)(=O)c2ccc(C)cc2)CC[C@H]1NS(=O)C(C)(C)C. The zero-order valence-corrected chi connectivity index (χ0v) is 21.6. The van der Waals surface area contributed by atoms with Crippen LogP contribution in [0.2, 0.25) is 0 Å². The van der Waals surface area contributed by atoms with Crippen molar-refractivity contribution in [3.63, 3.8) is 0 Å². The summed E-state index contributed by atoms with van der Waals surface area (Å²) in [5.41, 5.74) is 2.68. The van der Waals surface area contributed by atoms with Gasteiger partial charge in [-0.05, 0) is 69.5 Å². The van der Waals surface area contributed by atoms with E-state index in [0.717, 1.165) is 16.7 Å². The topological polar surface area (TPSA) is 75.7 Å². The molecule has 0 aromatic heterocycles. The average molecular weight is 491 g/mol. The molecule has 8 heteroatoms. The molecule has 1 aliphatic rings. The van der Waals surface area contributed by atoms with Gasteiger partial charge in [0.15, 0.2) is 0 Å². The Morgan fingerprint density at radius 3 is 2.45 bits per heavy atom. The Hall–Kier alpha value is -2.00. The predicted octanol–water partition coefficient (Wildman–Crippen LogP) is 4.15. The number of methoxy groups -OCH3 is 1. The van der Waals surface area contributed by atoms with Crippen LogP contribution in [0.3, 0.4) is 0 Å². The molecule has 2 aromatic rings. The first-order valence-electron chi connectivity index (χ1n) is 11.0. The molecule has 3 rings (SSSR count). The van der Waals surface area contributed by atoms with Crippen LogP contribution in [0.5, 0.6) is 5.75 Å². The van der Waals surface area contributed by atoms with Gasteiger partial charge in [0.25, 0.3) is 0 Å². The zero-order valence-electron chi connectivity index (χ0n) is 20.0. The van der Waals surface area contributed by atoms with Gasteiger partial charge in [-0.25, -0.2) is 17.3 Å². The number of hydrogen-bond donors (Lipinski definition) is 1. The summed E-state index contributed by atoms with van der Waals surface area (Å²) in [4.78, 5) is 0.281. The van der Waals surface area contributed by atoms with Crippen LogP contribution in [0, 0.1) is 12.8 Å². The average Bonchev–Trinajstić information content (AvgIpc) is 2.78. The van der Waals surface area contributed by atoms with Crippen LogP contribution < -0.4 is 9.46 Å². The first-order chi connectivity index (χ1) is 15.4. The Morgan fingerprint density at radius 2 is 1.85 bits per heavy atom. The highest BCUT2D eigenvalue weighted by atomic mass is 32.2. The molecular formula is C25H34N2O4S2. The maximum Gasteiger partial charge on any atom is 0.243 e. The molecule has 0 bridgehead atoms. The normalized spacial score (nSPS) is 20.9. The maximum absolute atomic E-state index is 13.4. The molecule has 1 saturated heterocycles. The molecule has 0 radical (unpaired) electrons. The number of sulfonamides is 1. The third-order valence-corrected chi connectivity index (χ3v) is 9.45. The van der Waals surface area contributed by atoms with E-state index in [9.17, 15) is 12.6 Å².